The van der Waals surface area contributed by atoms with Crippen molar-refractivity contribution >= 4 is 23.2 Å². The van der Waals surface area contributed by atoms with Crippen LogP contribution in [0.15, 0.2) is 67.1 Å². The Hall–Kier alpha value is -4.89. The van der Waals surface area contributed by atoms with Gasteiger partial charge in [-0.1, -0.05) is 0 Å². The molecule has 45 heavy (non-hydrogen) atoms. The summed E-state index contributed by atoms with van der Waals surface area (Å²) in [5, 5.41) is 20.8. The van der Waals surface area contributed by atoms with Gasteiger partial charge < -0.3 is 20.4 Å². The molecule has 2 aromatic carbocycles. The van der Waals surface area contributed by atoms with Crippen LogP contribution in [0.25, 0.3) is 11.3 Å². The topological polar surface area (TPSA) is 115 Å². The standard InChI is InChI=1S/C33H35F2N9O/c34-25-1-6-29(30(35)20-25)32(45)43-15-9-23(10-16-43)19-28(7-11-36)44-22-24(21-39-44)31-8-12-38-33(41-31)40-26-2-4-27(5-3-26)42-17-13-37-14-18-42/h1-6,8,12,20-23,28,37H,7,9-10,13-19H2,(H,38,40,41). The van der Waals surface area contributed by atoms with E-state index in [0.717, 1.165) is 68.8 Å². The minimum atomic E-state index is -0.850. The summed E-state index contributed by atoms with van der Waals surface area (Å²) in [7, 11) is 0. The fourth-order valence-corrected chi connectivity index (χ4v) is 6.04. The normalized spacial score (nSPS) is 16.3. The summed E-state index contributed by atoms with van der Waals surface area (Å²) < 4.78 is 29.3. The second kappa shape index (κ2) is 13.8. The van der Waals surface area contributed by atoms with Crippen LogP contribution in [-0.2, 0) is 0 Å². The van der Waals surface area contributed by atoms with E-state index in [0.29, 0.717) is 31.2 Å². The second-order valence-electron chi connectivity index (χ2n) is 11.5. The van der Waals surface area contributed by atoms with Crippen LogP contribution in [0.3, 0.4) is 0 Å². The quantitative estimate of drug-likeness (QED) is 0.267. The molecule has 2 saturated heterocycles. The van der Waals surface area contributed by atoms with Gasteiger partial charge in [0.1, 0.15) is 11.6 Å². The zero-order valence-corrected chi connectivity index (χ0v) is 24.9. The zero-order valence-electron chi connectivity index (χ0n) is 24.9. The van der Waals surface area contributed by atoms with Crippen molar-refractivity contribution in [3.05, 3.63) is 84.3 Å². The predicted molar refractivity (Wildman–Crippen MR) is 167 cm³/mol. The third kappa shape index (κ3) is 7.26. The number of carbonyl (C=O) groups is 1. The molecule has 232 valence electrons. The Morgan fingerprint density at radius 1 is 1.07 bits per heavy atom. The highest BCUT2D eigenvalue weighted by atomic mass is 19.1. The Morgan fingerprint density at radius 2 is 1.84 bits per heavy atom. The first-order chi connectivity index (χ1) is 22.0. The molecule has 2 aliphatic rings. The van der Waals surface area contributed by atoms with E-state index in [4.69, 9.17) is 4.98 Å². The Kier molecular flexibility index (Phi) is 9.26. The van der Waals surface area contributed by atoms with Crippen LogP contribution in [0.2, 0.25) is 0 Å². The van der Waals surface area contributed by atoms with E-state index in [9.17, 15) is 18.8 Å². The maximum atomic E-state index is 14.2. The van der Waals surface area contributed by atoms with Crippen molar-refractivity contribution < 1.29 is 13.6 Å². The average molecular weight is 612 g/mol. The number of nitrogens with zero attached hydrogens (tertiary/aromatic N) is 7. The highest BCUT2D eigenvalue weighted by Crippen LogP contribution is 2.30. The predicted octanol–water partition coefficient (Wildman–Crippen LogP) is 5.17. The Bertz CT molecular complexity index is 1660. The van der Waals surface area contributed by atoms with Gasteiger partial charge in [-0.15, -0.1) is 0 Å². The number of aromatic nitrogens is 4. The van der Waals surface area contributed by atoms with Crippen molar-refractivity contribution in [1.82, 2.24) is 30.0 Å². The van der Waals surface area contributed by atoms with Gasteiger partial charge in [-0.25, -0.2) is 18.7 Å². The fraction of sp³-hybridized carbons (Fsp3) is 0.364. The van der Waals surface area contributed by atoms with Crippen molar-refractivity contribution in [2.24, 2.45) is 5.92 Å². The molecule has 0 saturated carbocycles. The first-order valence-corrected chi connectivity index (χ1v) is 15.3. The molecule has 4 heterocycles. The fourth-order valence-electron chi connectivity index (χ4n) is 6.04. The summed E-state index contributed by atoms with van der Waals surface area (Å²) in [6, 6.07) is 15.3. The van der Waals surface area contributed by atoms with E-state index in [1.165, 1.54) is 11.8 Å². The van der Waals surface area contributed by atoms with E-state index in [1.807, 2.05) is 29.1 Å². The van der Waals surface area contributed by atoms with Crippen LogP contribution >= 0.6 is 0 Å². The molecule has 1 amide bonds. The molecule has 2 N–H and O–H groups in total. The van der Waals surface area contributed by atoms with Crippen LogP contribution in [0.4, 0.5) is 26.1 Å². The number of benzene rings is 2. The van der Waals surface area contributed by atoms with Gasteiger partial charge in [0.2, 0.25) is 5.95 Å². The minimum Gasteiger partial charge on any atom is -0.369 e. The molecule has 0 bridgehead atoms. The molecule has 1 atom stereocenters. The first kappa shape index (κ1) is 30.1. The van der Waals surface area contributed by atoms with Crippen molar-refractivity contribution in [2.45, 2.75) is 31.7 Å². The summed E-state index contributed by atoms with van der Waals surface area (Å²) in [4.78, 5) is 25.9. The van der Waals surface area contributed by atoms with Crippen LogP contribution < -0.4 is 15.5 Å². The van der Waals surface area contributed by atoms with E-state index >= 15 is 0 Å². The van der Waals surface area contributed by atoms with Gasteiger partial charge in [0.25, 0.3) is 5.91 Å². The minimum absolute atomic E-state index is 0.118. The molecule has 2 aromatic heterocycles. The summed E-state index contributed by atoms with van der Waals surface area (Å²) in [6.45, 7) is 4.89. The van der Waals surface area contributed by atoms with Gasteiger partial charge in [-0.2, -0.15) is 10.4 Å². The van der Waals surface area contributed by atoms with Gasteiger partial charge in [-0.3, -0.25) is 9.48 Å². The number of hydrogen-bond donors (Lipinski definition) is 2. The van der Waals surface area contributed by atoms with Crippen LogP contribution in [0, 0.1) is 28.9 Å². The van der Waals surface area contributed by atoms with Gasteiger partial charge in [0.05, 0.1) is 36.0 Å². The monoisotopic (exact) mass is 611 g/mol. The lowest BCUT2D eigenvalue weighted by molar-refractivity contribution is 0.0674. The number of hydrogen-bond acceptors (Lipinski definition) is 8. The van der Waals surface area contributed by atoms with Gasteiger partial charge in [0, 0.05) is 74.7 Å². The third-order valence-corrected chi connectivity index (χ3v) is 8.53. The molecule has 1 unspecified atom stereocenters. The zero-order chi connectivity index (χ0) is 31.2. The van der Waals surface area contributed by atoms with Crippen molar-refractivity contribution in [3.63, 3.8) is 0 Å². The van der Waals surface area contributed by atoms with Crippen LogP contribution in [-0.4, -0.2) is 69.8 Å². The lowest BCUT2D eigenvalue weighted by Crippen LogP contribution is -2.43. The van der Waals surface area contributed by atoms with Crippen molar-refractivity contribution in [3.8, 4) is 17.3 Å². The summed E-state index contributed by atoms with van der Waals surface area (Å²) in [6.07, 6.45) is 7.83. The Morgan fingerprint density at radius 3 is 2.58 bits per heavy atom. The second-order valence-corrected chi connectivity index (χ2v) is 11.5. The Labute approximate surface area is 260 Å². The average Bonchev–Trinajstić information content (AvgIpc) is 3.56. The van der Waals surface area contributed by atoms with Gasteiger partial charge in [-0.05, 0) is 67.6 Å². The number of amides is 1. The molecule has 4 aromatic rings. The summed E-state index contributed by atoms with van der Waals surface area (Å²) >= 11 is 0. The highest BCUT2D eigenvalue weighted by molar-refractivity contribution is 5.94. The maximum Gasteiger partial charge on any atom is 0.256 e. The summed E-state index contributed by atoms with van der Waals surface area (Å²) in [5.74, 6) is -1.24. The molecule has 10 nitrogen and oxygen atoms in total. The maximum absolute atomic E-state index is 14.2. The van der Waals surface area contributed by atoms with Gasteiger partial charge >= 0.3 is 0 Å². The van der Waals surface area contributed by atoms with E-state index < -0.39 is 17.5 Å². The molecule has 12 heteroatoms. The lowest BCUT2D eigenvalue weighted by atomic mass is 9.89. The molecule has 2 aliphatic heterocycles. The number of anilines is 3. The molecular weight excluding hydrogens is 576 g/mol. The third-order valence-electron chi connectivity index (χ3n) is 8.53. The molecular formula is C33H35F2N9O. The summed E-state index contributed by atoms with van der Waals surface area (Å²) in [5.41, 5.74) is 3.50. The number of nitriles is 1. The van der Waals surface area contributed by atoms with E-state index in [1.54, 1.807) is 17.3 Å². The van der Waals surface area contributed by atoms with Crippen LogP contribution in [0.5, 0.6) is 0 Å². The number of nitrogens with one attached hydrogen (secondary N) is 2. The van der Waals surface area contributed by atoms with Crippen LogP contribution in [0.1, 0.15) is 42.1 Å². The number of likely N-dealkylation sites (tertiary alicyclic amines) is 1. The molecule has 0 aliphatic carbocycles. The molecule has 0 radical (unpaired) electrons. The largest absolute Gasteiger partial charge is 0.369 e. The van der Waals surface area contributed by atoms with E-state index in [-0.39, 0.29) is 17.5 Å². The van der Waals surface area contributed by atoms with Gasteiger partial charge in [0.15, 0.2) is 0 Å². The van der Waals surface area contributed by atoms with E-state index in [2.05, 4.69) is 43.8 Å². The number of piperazine rings is 1. The Balaban J connectivity index is 1.07. The molecule has 6 rings (SSSR count). The smallest absolute Gasteiger partial charge is 0.256 e. The number of rotatable bonds is 9. The highest BCUT2D eigenvalue weighted by Gasteiger charge is 2.28. The number of carbonyl (C=O) groups excluding carboxylic acids is 1. The molecule has 0 spiro atoms. The van der Waals surface area contributed by atoms with Crippen molar-refractivity contribution in [1.29, 1.82) is 5.26 Å². The molecule has 2 fully saturated rings. The number of piperidine rings is 1. The number of halogens is 2. The SMILES string of the molecule is N#CCC(CC1CCN(C(=O)c2ccc(F)cc2F)CC1)n1cc(-c2ccnc(Nc3ccc(N4CCNCC4)cc3)n2)cn1. The first-order valence-electron chi connectivity index (χ1n) is 15.3. The van der Waals surface area contributed by atoms with Crippen molar-refractivity contribution in [2.75, 3.05) is 49.5 Å². The lowest BCUT2D eigenvalue weighted by Gasteiger charge is -2.33.